The van der Waals surface area contributed by atoms with Gasteiger partial charge in [-0.1, -0.05) is 19.8 Å². The lowest BCUT2D eigenvalue weighted by atomic mass is 10.1. The van der Waals surface area contributed by atoms with Gasteiger partial charge in [0.1, 0.15) is 0 Å². The van der Waals surface area contributed by atoms with Crippen molar-refractivity contribution >= 4 is 39.1 Å². The summed E-state index contributed by atoms with van der Waals surface area (Å²) in [6, 6.07) is 3.55. The minimum absolute atomic E-state index is 0.0168. The van der Waals surface area contributed by atoms with Gasteiger partial charge in [0.05, 0.1) is 15.2 Å². The highest BCUT2D eigenvalue weighted by Crippen LogP contribution is 2.22. The Morgan fingerprint density at radius 2 is 2.19 bits per heavy atom. The summed E-state index contributed by atoms with van der Waals surface area (Å²) in [4.78, 5) is 26.1. The van der Waals surface area contributed by atoms with Crippen molar-refractivity contribution in [3.05, 3.63) is 20.8 Å². The summed E-state index contributed by atoms with van der Waals surface area (Å²) in [6.45, 7) is 2.55. The van der Waals surface area contributed by atoms with E-state index in [9.17, 15) is 9.59 Å². The summed E-state index contributed by atoms with van der Waals surface area (Å²) in [7, 11) is 1.62. The van der Waals surface area contributed by atoms with Crippen molar-refractivity contribution in [2.24, 2.45) is 5.73 Å². The number of amides is 2. The Bertz CT molecular complexity index is 479. The molecule has 1 rings (SSSR count). The molecule has 5 nitrogen and oxygen atoms in total. The molecule has 0 saturated heterocycles. The Balaban J connectivity index is 2.47. The largest absolute Gasteiger partial charge is 0.351 e. The van der Waals surface area contributed by atoms with E-state index >= 15 is 0 Å². The monoisotopic (exact) mass is 375 g/mol. The van der Waals surface area contributed by atoms with E-state index in [1.54, 1.807) is 13.1 Å². The number of likely N-dealkylation sites (N-methyl/N-ethyl adjacent to an activating group) is 1. The lowest BCUT2D eigenvalue weighted by Crippen LogP contribution is -2.45. The predicted molar refractivity (Wildman–Crippen MR) is 89.5 cm³/mol. The fourth-order valence-corrected chi connectivity index (χ4v) is 3.26. The average molecular weight is 376 g/mol. The number of hydrogen-bond donors (Lipinski definition) is 2. The Morgan fingerprint density at radius 3 is 2.71 bits per heavy atom. The van der Waals surface area contributed by atoms with Crippen LogP contribution in [0.5, 0.6) is 0 Å². The third kappa shape index (κ3) is 6.15. The van der Waals surface area contributed by atoms with Crippen LogP contribution in [0.2, 0.25) is 0 Å². The summed E-state index contributed by atoms with van der Waals surface area (Å²) in [6.07, 6.45) is 2.96. The molecule has 1 heterocycles. The number of rotatable bonds is 8. The zero-order valence-corrected chi connectivity index (χ0v) is 14.8. The van der Waals surface area contributed by atoms with E-state index in [1.807, 2.05) is 6.07 Å². The average Bonchev–Trinajstić information content (AvgIpc) is 2.88. The first-order valence-corrected chi connectivity index (χ1v) is 8.59. The second kappa shape index (κ2) is 9.17. The molecule has 1 aromatic heterocycles. The summed E-state index contributed by atoms with van der Waals surface area (Å²) in [5.41, 5.74) is 5.65. The second-order valence-corrected chi connectivity index (χ2v) is 7.37. The van der Waals surface area contributed by atoms with E-state index in [2.05, 4.69) is 28.2 Å². The van der Waals surface area contributed by atoms with Gasteiger partial charge < -0.3 is 16.0 Å². The van der Waals surface area contributed by atoms with Crippen molar-refractivity contribution < 1.29 is 9.59 Å². The van der Waals surface area contributed by atoms with Crippen LogP contribution in [0, 0.1) is 0 Å². The van der Waals surface area contributed by atoms with Crippen molar-refractivity contribution in [2.45, 2.75) is 32.2 Å². The summed E-state index contributed by atoms with van der Waals surface area (Å²) in [5.74, 6) is -0.327. The van der Waals surface area contributed by atoms with Crippen LogP contribution in [0.15, 0.2) is 15.9 Å². The number of thiophene rings is 1. The molecule has 0 fully saturated rings. The zero-order valence-electron chi connectivity index (χ0n) is 12.4. The van der Waals surface area contributed by atoms with Gasteiger partial charge in [-0.2, -0.15) is 0 Å². The van der Waals surface area contributed by atoms with Crippen molar-refractivity contribution in [3.8, 4) is 0 Å². The fourth-order valence-electron chi connectivity index (χ4n) is 1.88. The van der Waals surface area contributed by atoms with Gasteiger partial charge in [-0.15, -0.1) is 11.3 Å². The molecule has 0 saturated carbocycles. The van der Waals surface area contributed by atoms with E-state index < -0.39 is 0 Å². The van der Waals surface area contributed by atoms with E-state index in [0.717, 1.165) is 23.0 Å². The standard InChI is InChI=1S/C14H22BrN3O2S/c1-3-4-5-10(8-16)17-13(19)9-18(2)14(20)11-6-7-12(15)21-11/h6-7,10H,3-5,8-9,16H2,1-2H3,(H,17,19). The first-order valence-electron chi connectivity index (χ1n) is 6.98. The number of nitrogens with one attached hydrogen (secondary N) is 1. The quantitative estimate of drug-likeness (QED) is 0.731. The number of halogens is 1. The molecule has 118 valence electrons. The van der Waals surface area contributed by atoms with Gasteiger partial charge in [0.2, 0.25) is 5.91 Å². The van der Waals surface area contributed by atoms with Gasteiger partial charge in [-0.25, -0.2) is 0 Å². The Hall–Kier alpha value is -0.920. The van der Waals surface area contributed by atoms with Crippen LogP contribution in [-0.2, 0) is 4.79 Å². The molecule has 0 aliphatic rings. The van der Waals surface area contributed by atoms with Crippen molar-refractivity contribution in [1.29, 1.82) is 0 Å². The highest BCUT2D eigenvalue weighted by Gasteiger charge is 2.18. The van der Waals surface area contributed by atoms with Crippen LogP contribution >= 0.6 is 27.3 Å². The molecule has 1 aromatic rings. The van der Waals surface area contributed by atoms with Crippen LogP contribution in [0.25, 0.3) is 0 Å². The van der Waals surface area contributed by atoms with Crippen molar-refractivity contribution in [1.82, 2.24) is 10.2 Å². The van der Waals surface area contributed by atoms with E-state index in [4.69, 9.17) is 5.73 Å². The maximum absolute atomic E-state index is 12.1. The highest BCUT2D eigenvalue weighted by atomic mass is 79.9. The van der Waals surface area contributed by atoms with Gasteiger partial charge >= 0.3 is 0 Å². The third-order valence-corrected chi connectivity index (χ3v) is 4.68. The molecule has 1 unspecified atom stereocenters. The molecule has 0 aliphatic carbocycles. The third-order valence-electron chi connectivity index (χ3n) is 3.07. The summed E-state index contributed by atoms with van der Waals surface area (Å²) in [5, 5.41) is 2.88. The van der Waals surface area contributed by atoms with Gasteiger partial charge in [0.25, 0.3) is 5.91 Å². The second-order valence-electron chi connectivity index (χ2n) is 4.91. The van der Waals surface area contributed by atoms with Gasteiger partial charge in [0.15, 0.2) is 0 Å². The van der Waals surface area contributed by atoms with Crippen LogP contribution in [0.1, 0.15) is 35.9 Å². The molecule has 2 amide bonds. The first-order chi connectivity index (χ1) is 9.97. The molecular formula is C14H22BrN3O2S. The van der Waals surface area contributed by atoms with Crippen LogP contribution < -0.4 is 11.1 Å². The molecule has 7 heteroatoms. The van der Waals surface area contributed by atoms with E-state index in [1.165, 1.54) is 16.2 Å². The van der Waals surface area contributed by atoms with Gasteiger partial charge in [-0.3, -0.25) is 9.59 Å². The van der Waals surface area contributed by atoms with Crippen LogP contribution in [0.3, 0.4) is 0 Å². The minimum Gasteiger partial charge on any atom is -0.351 e. The lowest BCUT2D eigenvalue weighted by Gasteiger charge is -2.20. The smallest absolute Gasteiger partial charge is 0.264 e. The van der Waals surface area contributed by atoms with Gasteiger partial charge in [0, 0.05) is 19.6 Å². The summed E-state index contributed by atoms with van der Waals surface area (Å²) >= 11 is 4.68. The van der Waals surface area contributed by atoms with E-state index in [0.29, 0.717) is 11.4 Å². The fraction of sp³-hybridized carbons (Fsp3) is 0.571. The molecule has 3 N–H and O–H groups in total. The maximum Gasteiger partial charge on any atom is 0.264 e. The van der Waals surface area contributed by atoms with E-state index in [-0.39, 0.29) is 24.4 Å². The SMILES string of the molecule is CCCCC(CN)NC(=O)CN(C)C(=O)c1ccc(Br)s1. The summed E-state index contributed by atoms with van der Waals surface area (Å²) < 4.78 is 0.895. The zero-order chi connectivity index (χ0) is 15.8. The number of carbonyl (C=O) groups is 2. The predicted octanol–water partition coefficient (Wildman–Crippen LogP) is 2.22. The number of hydrogen-bond acceptors (Lipinski definition) is 4. The molecule has 0 aliphatic heterocycles. The molecule has 0 radical (unpaired) electrons. The molecule has 0 aromatic carbocycles. The Labute approximate surface area is 138 Å². The molecule has 0 spiro atoms. The number of unbranched alkanes of at least 4 members (excludes halogenated alkanes) is 1. The highest BCUT2D eigenvalue weighted by molar-refractivity contribution is 9.11. The van der Waals surface area contributed by atoms with Crippen molar-refractivity contribution in [3.63, 3.8) is 0 Å². The topological polar surface area (TPSA) is 75.4 Å². The van der Waals surface area contributed by atoms with Crippen LogP contribution in [-0.4, -0.2) is 42.9 Å². The normalized spacial score (nSPS) is 12.0. The molecule has 1 atom stereocenters. The Morgan fingerprint density at radius 1 is 1.48 bits per heavy atom. The number of carbonyl (C=O) groups excluding carboxylic acids is 2. The number of nitrogens with two attached hydrogens (primary N) is 1. The molecular weight excluding hydrogens is 354 g/mol. The van der Waals surface area contributed by atoms with Crippen molar-refractivity contribution in [2.75, 3.05) is 20.1 Å². The Kier molecular flexibility index (Phi) is 7.92. The molecule has 0 bridgehead atoms. The minimum atomic E-state index is -0.173. The molecule has 21 heavy (non-hydrogen) atoms. The maximum atomic E-state index is 12.1. The van der Waals surface area contributed by atoms with Crippen LogP contribution in [0.4, 0.5) is 0 Å². The number of nitrogens with zero attached hydrogens (tertiary/aromatic N) is 1. The van der Waals surface area contributed by atoms with Gasteiger partial charge in [-0.05, 0) is 34.5 Å². The lowest BCUT2D eigenvalue weighted by molar-refractivity contribution is -0.122. The first kappa shape index (κ1) is 18.1.